The van der Waals surface area contributed by atoms with Gasteiger partial charge in [0.25, 0.3) is 11.7 Å². The average Bonchev–Trinajstić information content (AvgIpc) is 3.22. The lowest BCUT2D eigenvalue weighted by molar-refractivity contribution is -0.140. The number of carbonyl (C=O) groups excluding carboxylic acids is 2. The van der Waals surface area contributed by atoms with Gasteiger partial charge in [0, 0.05) is 35.3 Å². The zero-order chi connectivity index (χ0) is 28.1. The lowest BCUT2D eigenvalue weighted by atomic mass is 9.95. The van der Waals surface area contributed by atoms with Crippen molar-refractivity contribution in [2.75, 3.05) is 39.4 Å². The first-order valence-electron chi connectivity index (χ1n) is 13.5. The van der Waals surface area contributed by atoms with Gasteiger partial charge in [-0.1, -0.05) is 42.0 Å². The van der Waals surface area contributed by atoms with E-state index in [9.17, 15) is 14.7 Å². The molecule has 5 rings (SSSR count). The van der Waals surface area contributed by atoms with Crippen LogP contribution in [0.4, 0.5) is 0 Å². The Morgan fingerprint density at radius 3 is 2.42 bits per heavy atom. The lowest BCUT2D eigenvalue weighted by Gasteiger charge is -2.29. The monoisotopic (exact) mass is 652 g/mol. The van der Waals surface area contributed by atoms with Gasteiger partial charge in [-0.3, -0.25) is 14.5 Å². The molecule has 1 atom stereocenters. The number of hydrogen-bond donors (Lipinski definition) is 1. The molecule has 0 bridgehead atoms. The number of benzene rings is 3. The molecule has 0 aliphatic carbocycles. The van der Waals surface area contributed by atoms with E-state index in [1.54, 1.807) is 29.2 Å². The van der Waals surface area contributed by atoms with Crippen LogP contribution in [0.15, 0.2) is 78.4 Å². The first kappa shape index (κ1) is 28.3. The van der Waals surface area contributed by atoms with Crippen molar-refractivity contribution in [1.29, 1.82) is 0 Å². The fourth-order valence-electron chi connectivity index (χ4n) is 5.22. The number of amides is 1. The number of aliphatic hydroxyl groups excluding tert-OH is 1. The number of likely N-dealkylation sites (tertiary alicyclic amines) is 1. The van der Waals surface area contributed by atoms with Gasteiger partial charge in [-0.15, -0.1) is 0 Å². The van der Waals surface area contributed by atoms with E-state index in [4.69, 9.17) is 9.47 Å². The van der Waals surface area contributed by atoms with Crippen LogP contribution in [-0.4, -0.2) is 66.0 Å². The summed E-state index contributed by atoms with van der Waals surface area (Å²) >= 11 is 2.23. The number of Topliss-reactive ketones (excluding diaryl/α,β-unsaturated/α-hetero) is 1. The van der Waals surface area contributed by atoms with Crippen molar-refractivity contribution in [2.45, 2.75) is 26.0 Å². The lowest BCUT2D eigenvalue weighted by Crippen LogP contribution is -2.38. The van der Waals surface area contributed by atoms with E-state index in [2.05, 4.69) is 33.6 Å². The van der Waals surface area contributed by atoms with Gasteiger partial charge in [0.05, 0.1) is 24.8 Å². The van der Waals surface area contributed by atoms with Crippen LogP contribution in [0.2, 0.25) is 0 Å². The van der Waals surface area contributed by atoms with E-state index < -0.39 is 17.7 Å². The SMILES string of the molecule is Cc1cccc(COc2ccc(C(O)=C3C(=O)C(=O)N(CCCN4CCOCC4)C3c3ccc(I)cc3)cc2)c1. The summed E-state index contributed by atoms with van der Waals surface area (Å²) in [5.41, 5.74) is 3.61. The second-order valence-electron chi connectivity index (χ2n) is 10.2. The van der Waals surface area contributed by atoms with Crippen molar-refractivity contribution in [3.05, 3.63) is 104 Å². The molecule has 0 spiro atoms. The van der Waals surface area contributed by atoms with Crippen LogP contribution in [0.25, 0.3) is 5.76 Å². The topological polar surface area (TPSA) is 79.3 Å². The second kappa shape index (κ2) is 13.0. The Kier molecular flexibility index (Phi) is 9.18. The highest BCUT2D eigenvalue weighted by molar-refractivity contribution is 14.1. The molecule has 2 heterocycles. The Labute approximate surface area is 248 Å². The van der Waals surface area contributed by atoms with E-state index in [0.717, 1.165) is 40.8 Å². The van der Waals surface area contributed by atoms with Crippen LogP contribution in [0.3, 0.4) is 0 Å². The Bertz CT molecular complexity index is 1380. The maximum absolute atomic E-state index is 13.3. The number of nitrogens with zero attached hydrogens (tertiary/aromatic N) is 2. The Hall–Kier alpha value is -3.21. The Balaban J connectivity index is 1.38. The molecular formula is C32H33IN2O5. The van der Waals surface area contributed by atoms with Crippen LogP contribution in [0.1, 0.15) is 34.7 Å². The number of rotatable bonds is 9. The first-order chi connectivity index (χ1) is 19.4. The summed E-state index contributed by atoms with van der Waals surface area (Å²) in [5, 5.41) is 11.4. The number of morpholine rings is 1. The van der Waals surface area contributed by atoms with Crippen LogP contribution < -0.4 is 4.74 Å². The van der Waals surface area contributed by atoms with Gasteiger partial charge in [0.1, 0.15) is 18.1 Å². The predicted molar refractivity (Wildman–Crippen MR) is 162 cm³/mol. The Morgan fingerprint density at radius 1 is 1.00 bits per heavy atom. The zero-order valence-corrected chi connectivity index (χ0v) is 24.7. The third-order valence-electron chi connectivity index (χ3n) is 7.32. The van der Waals surface area contributed by atoms with Gasteiger partial charge in [-0.2, -0.15) is 0 Å². The van der Waals surface area contributed by atoms with Crippen LogP contribution in [0, 0.1) is 10.5 Å². The van der Waals surface area contributed by atoms with E-state index >= 15 is 0 Å². The predicted octanol–water partition coefficient (Wildman–Crippen LogP) is 5.32. The normalized spacial score (nSPS) is 19.2. The van der Waals surface area contributed by atoms with Crippen LogP contribution >= 0.6 is 22.6 Å². The molecule has 0 radical (unpaired) electrons. The number of ether oxygens (including phenoxy) is 2. The molecule has 7 nitrogen and oxygen atoms in total. The number of carbonyl (C=O) groups is 2. The summed E-state index contributed by atoms with van der Waals surface area (Å²) in [6.07, 6.45) is 0.723. The maximum Gasteiger partial charge on any atom is 0.295 e. The van der Waals surface area contributed by atoms with Crippen molar-refractivity contribution < 1.29 is 24.2 Å². The number of halogens is 1. The molecule has 1 N–H and O–H groups in total. The van der Waals surface area contributed by atoms with Crippen molar-refractivity contribution in [1.82, 2.24) is 9.80 Å². The summed E-state index contributed by atoms with van der Waals surface area (Å²) in [4.78, 5) is 30.5. The third kappa shape index (κ3) is 6.56. The van der Waals surface area contributed by atoms with Crippen LogP contribution in [0.5, 0.6) is 5.75 Å². The maximum atomic E-state index is 13.3. The number of hydrogen-bond acceptors (Lipinski definition) is 6. The highest BCUT2D eigenvalue weighted by atomic mass is 127. The summed E-state index contributed by atoms with van der Waals surface area (Å²) in [6, 6.07) is 22.2. The summed E-state index contributed by atoms with van der Waals surface area (Å²) in [5.74, 6) is -0.768. The molecule has 2 saturated heterocycles. The molecule has 2 aliphatic heterocycles. The first-order valence-corrected chi connectivity index (χ1v) is 14.6. The van der Waals surface area contributed by atoms with Gasteiger partial charge in [-0.05, 0) is 83.5 Å². The number of ketones is 1. The summed E-state index contributed by atoms with van der Waals surface area (Å²) in [7, 11) is 0. The molecule has 1 unspecified atom stereocenters. The molecule has 0 saturated carbocycles. The molecule has 208 valence electrons. The number of aliphatic hydroxyl groups is 1. The molecular weight excluding hydrogens is 619 g/mol. The molecule has 3 aromatic rings. The fraction of sp³-hybridized carbons (Fsp3) is 0.312. The average molecular weight is 653 g/mol. The number of aryl methyl sites for hydroxylation is 1. The quantitative estimate of drug-likeness (QED) is 0.146. The van der Waals surface area contributed by atoms with E-state index in [1.165, 1.54) is 5.56 Å². The van der Waals surface area contributed by atoms with Gasteiger partial charge < -0.3 is 19.5 Å². The zero-order valence-electron chi connectivity index (χ0n) is 22.5. The minimum atomic E-state index is -0.660. The highest BCUT2D eigenvalue weighted by Crippen LogP contribution is 2.39. The molecule has 2 fully saturated rings. The van der Waals surface area contributed by atoms with Gasteiger partial charge in [-0.25, -0.2) is 0 Å². The molecule has 3 aromatic carbocycles. The van der Waals surface area contributed by atoms with Gasteiger partial charge in [0.15, 0.2) is 0 Å². The van der Waals surface area contributed by atoms with E-state index in [0.29, 0.717) is 37.7 Å². The summed E-state index contributed by atoms with van der Waals surface area (Å²) in [6.45, 7) is 6.85. The minimum absolute atomic E-state index is 0.117. The van der Waals surface area contributed by atoms with Gasteiger partial charge in [0.2, 0.25) is 0 Å². The smallest absolute Gasteiger partial charge is 0.295 e. The molecule has 0 aromatic heterocycles. The molecule has 1 amide bonds. The van der Waals surface area contributed by atoms with E-state index in [-0.39, 0.29) is 11.3 Å². The minimum Gasteiger partial charge on any atom is -0.507 e. The van der Waals surface area contributed by atoms with Crippen molar-refractivity contribution in [3.63, 3.8) is 0 Å². The van der Waals surface area contributed by atoms with Gasteiger partial charge >= 0.3 is 0 Å². The largest absolute Gasteiger partial charge is 0.507 e. The fourth-order valence-corrected chi connectivity index (χ4v) is 5.58. The third-order valence-corrected chi connectivity index (χ3v) is 8.04. The Morgan fingerprint density at radius 2 is 1.73 bits per heavy atom. The molecule has 2 aliphatic rings. The molecule has 8 heteroatoms. The molecule has 40 heavy (non-hydrogen) atoms. The van der Waals surface area contributed by atoms with Crippen molar-refractivity contribution in [2.24, 2.45) is 0 Å². The second-order valence-corrected chi connectivity index (χ2v) is 11.4. The van der Waals surface area contributed by atoms with E-state index in [1.807, 2.05) is 49.4 Å². The highest BCUT2D eigenvalue weighted by Gasteiger charge is 2.45. The van der Waals surface area contributed by atoms with Crippen molar-refractivity contribution >= 4 is 40.0 Å². The van der Waals surface area contributed by atoms with Crippen LogP contribution in [-0.2, 0) is 20.9 Å². The standard InChI is InChI=1S/C32H33IN2O5/c1-22-4-2-5-23(20-22)21-40-27-12-8-25(9-13-27)30(36)28-29(24-6-10-26(33)11-7-24)35(32(38)31(28)37)15-3-14-34-16-18-39-19-17-34/h2,4-13,20,29,36H,3,14-19,21H2,1H3. The van der Waals surface area contributed by atoms with Crippen molar-refractivity contribution in [3.8, 4) is 5.75 Å². The summed E-state index contributed by atoms with van der Waals surface area (Å²) < 4.78 is 12.4.